The number of rotatable bonds is 7. The number of benzene rings is 3. The minimum Gasteiger partial charge on any atom is -0.454 e. The predicted molar refractivity (Wildman–Crippen MR) is 130 cm³/mol. The SMILES string of the molecule is Cc1cc(F)c(NC(=O)C2(c3ccc4c(c3)OCO4)CC2)cc1-c1ccc(CNS(C)(=O)=O)cc1. The van der Waals surface area contributed by atoms with E-state index >= 15 is 0 Å². The number of hydrogen-bond acceptors (Lipinski definition) is 5. The highest BCUT2D eigenvalue weighted by molar-refractivity contribution is 7.88. The fourth-order valence-electron chi connectivity index (χ4n) is 4.30. The Hall–Kier alpha value is -3.43. The van der Waals surface area contributed by atoms with Crippen molar-refractivity contribution >= 4 is 21.6 Å². The normalized spacial score (nSPS) is 15.6. The Morgan fingerprint density at radius 3 is 2.43 bits per heavy atom. The number of hydrogen-bond donors (Lipinski definition) is 2. The van der Waals surface area contributed by atoms with Gasteiger partial charge in [-0.3, -0.25) is 4.79 Å². The summed E-state index contributed by atoms with van der Waals surface area (Å²) in [5.41, 5.74) is 3.35. The summed E-state index contributed by atoms with van der Waals surface area (Å²) < 4.78 is 50.8. The third-order valence-electron chi connectivity index (χ3n) is 6.48. The van der Waals surface area contributed by atoms with Crippen LogP contribution >= 0.6 is 0 Å². The lowest BCUT2D eigenvalue weighted by molar-refractivity contribution is -0.118. The van der Waals surface area contributed by atoms with Crippen LogP contribution in [0.25, 0.3) is 11.1 Å². The number of fused-ring (bicyclic) bond motifs is 1. The standard InChI is InChI=1S/C26H25FN2O5S/c1-16-11-21(27)22(13-20(16)18-5-3-17(4-6-18)14-28-35(2,31)32)29-25(30)26(9-10-26)19-7-8-23-24(12-19)34-15-33-23/h3-8,11-13,28H,9-10,14-15H2,1-2H3,(H,29,30). The van der Waals surface area contributed by atoms with Gasteiger partial charge in [-0.05, 0) is 71.8 Å². The molecule has 1 aliphatic carbocycles. The molecule has 3 aromatic carbocycles. The largest absolute Gasteiger partial charge is 0.454 e. The molecule has 1 fully saturated rings. The molecule has 1 aliphatic heterocycles. The molecule has 182 valence electrons. The second-order valence-corrected chi connectivity index (χ2v) is 10.9. The Morgan fingerprint density at radius 2 is 1.74 bits per heavy atom. The average Bonchev–Trinajstić information content (AvgIpc) is 3.50. The second-order valence-electron chi connectivity index (χ2n) is 9.04. The average molecular weight is 497 g/mol. The Balaban J connectivity index is 1.37. The van der Waals surface area contributed by atoms with E-state index < -0.39 is 21.3 Å². The molecule has 1 saturated carbocycles. The van der Waals surface area contributed by atoms with E-state index in [0.717, 1.165) is 34.1 Å². The number of halogens is 1. The summed E-state index contributed by atoms with van der Waals surface area (Å²) in [7, 11) is -3.29. The van der Waals surface area contributed by atoms with Gasteiger partial charge in [-0.25, -0.2) is 17.5 Å². The Kier molecular flexibility index (Phi) is 5.77. The molecular formula is C26H25FN2O5S. The molecule has 0 radical (unpaired) electrons. The van der Waals surface area contributed by atoms with Gasteiger partial charge in [-0.1, -0.05) is 30.3 Å². The molecule has 1 heterocycles. The van der Waals surface area contributed by atoms with Crippen LogP contribution in [0.5, 0.6) is 11.5 Å². The highest BCUT2D eigenvalue weighted by Gasteiger charge is 2.51. The summed E-state index contributed by atoms with van der Waals surface area (Å²) in [6, 6.07) is 15.8. The molecule has 9 heteroatoms. The van der Waals surface area contributed by atoms with Gasteiger partial charge in [0.2, 0.25) is 22.7 Å². The molecule has 2 N–H and O–H groups in total. The molecule has 0 saturated heterocycles. The number of aryl methyl sites for hydroxylation is 1. The smallest absolute Gasteiger partial charge is 0.235 e. The van der Waals surface area contributed by atoms with Crippen LogP contribution in [0.3, 0.4) is 0 Å². The summed E-state index contributed by atoms with van der Waals surface area (Å²) in [4.78, 5) is 13.3. The summed E-state index contributed by atoms with van der Waals surface area (Å²) in [6.45, 7) is 2.15. The van der Waals surface area contributed by atoms with Crippen molar-refractivity contribution in [1.82, 2.24) is 4.72 Å². The first kappa shape index (κ1) is 23.3. The third kappa shape index (κ3) is 4.74. The molecule has 1 amide bonds. The fourth-order valence-corrected chi connectivity index (χ4v) is 4.73. The van der Waals surface area contributed by atoms with Crippen molar-refractivity contribution in [3.05, 3.63) is 77.1 Å². The Bertz CT molecular complexity index is 1420. The number of amides is 1. The predicted octanol–water partition coefficient (Wildman–Crippen LogP) is 4.25. The lowest BCUT2D eigenvalue weighted by Crippen LogP contribution is -2.28. The van der Waals surface area contributed by atoms with Crippen LogP contribution in [0.4, 0.5) is 10.1 Å². The number of nitrogens with one attached hydrogen (secondary N) is 2. The lowest BCUT2D eigenvalue weighted by atomic mass is 9.94. The summed E-state index contributed by atoms with van der Waals surface area (Å²) in [5, 5.41) is 2.80. The van der Waals surface area contributed by atoms with Gasteiger partial charge in [0, 0.05) is 6.54 Å². The van der Waals surface area contributed by atoms with Gasteiger partial charge in [0.25, 0.3) is 0 Å². The van der Waals surface area contributed by atoms with Gasteiger partial charge in [0.05, 0.1) is 17.4 Å². The highest BCUT2D eigenvalue weighted by atomic mass is 32.2. The molecule has 0 atom stereocenters. The van der Waals surface area contributed by atoms with Crippen LogP contribution in [0.15, 0.2) is 54.6 Å². The van der Waals surface area contributed by atoms with E-state index in [2.05, 4.69) is 10.0 Å². The van der Waals surface area contributed by atoms with Gasteiger partial charge >= 0.3 is 0 Å². The first-order valence-electron chi connectivity index (χ1n) is 11.2. The summed E-state index contributed by atoms with van der Waals surface area (Å²) in [6.07, 6.45) is 2.45. The number of carbonyl (C=O) groups excluding carboxylic acids is 1. The van der Waals surface area contributed by atoms with Crippen molar-refractivity contribution in [3.63, 3.8) is 0 Å². The monoisotopic (exact) mass is 496 g/mol. The van der Waals surface area contributed by atoms with Crippen LogP contribution in [0.1, 0.15) is 29.5 Å². The maximum atomic E-state index is 14.9. The van der Waals surface area contributed by atoms with Crippen molar-refractivity contribution in [2.45, 2.75) is 31.7 Å². The molecular weight excluding hydrogens is 471 g/mol. The van der Waals surface area contributed by atoms with Crippen LogP contribution < -0.4 is 19.5 Å². The molecule has 0 spiro atoms. The van der Waals surface area contributed by atoms with Crippen LogP contribution in [-0.2, 0) is 26.8 Å². The van der Waals surface area contributed by atoms with E-state index in [1.54, 1.807) is 19.1 Å². The topological polar surface area (TPSA) is 93.7 Å². The molecule has 3 aromatic rings. The van der Waals surface area contributed by atoms with Crippen molar-refractivity contribution in [2.75, 3.05) is 18.4 Å². The van der Waals surface area contributed by atoms with Crippen molar-refractivity contribution in [3.8, 4) is 22.6 Å². The van der Waals surface area contributed by atoms with Crippen LogP contribution in [-0.4, -0.2) is 27.4 Å². The Labute approximate surface area is 203 Å². The molecule has 7 nitrogen and oxygen atoms in total. The second kappa shape index (κ2) is 8.66. The third-order valence-corrected chi connectivity index (χ3v) is 7.14. The Morgan fingerprint density at radius 1 is 1.03 bits per heavy atom. The fraction of sp³-hybridized carbons (Fsp3) is 0.269. The van der Waals surface area contributed by atoms with E-state index in [9.17, 15) is 17.6 Å². The van der Waals surface area contributed by atoms with Crippen molar-refractivity contribution in [2.24, 2.45) is 0 Å². The van der Waals surface area contributed by atoms with Gasteiger partial charge in [0.15, 0.2) is 11.5 Å². The molecule has 0 aromatic heterocycles. The van der Waals surface area contributed by atoms with Gasteiger partial charge in [-0.2, -0.15) is 0 Å². The zero-order chi connectivity index (χ0) is 24.8. The van der Waals surface area contributed by atoms with E-state index in [4.69, 9.17) is 9.47 Å². The number of carbonyl (C=O) groups is 1. The van der Waals surface area contributed by atoms with E-state index in [1.807, 2.05) is 36.4 Å². The molecule has 35 heavy (non-hydrogen) atoms. The maximum absolute atomic E-state index is 14.9. The van der Waals surface area contributed by atoms with Crippen LogP contribution in [0.2, 0.25) is 0 Å². The number of sulfonamides is 1. The first-order chi connectivity index (χ1) is 16.6. The lowest BCUT2D eigenvalue weighted by Gasteiger charge is -2.18. The van der Waals surface area contributed by atoms with Gasteiger partial charge < -0.3 is 14.8 Å². The van der Waals surface area contributed by atoms with Crippen molar-refractivity contribution in [1.29, 1.82) is 0 Å². The maximum Gasteiger partial charge on any atom is 0.235 e. The quantitative estimate of drug-likeness (QED) is 0.510. The summed E-state index contributed by atoms with van der Waals surface area (Å²) in [5.74, 6) is 0.500. The zero-order valence-electron chi connectivity index (χ0n) is 19.4. The zero-order valence-corrected chi connectivity index (χ0v) is 20.2. The van der Waals surface area contributed by atoms with Crippen molar-refractivity contribution < 1.29 is 27.1 Å². The molecule has 0 unspecified atom stereocenters. The van der Waals surface area contributed by atoms with Gasteiger partial charge in [0.1, 0.15) is 5.82 Å². The highest BCUT2D eigenvalue weighted by Crippen LogP contribution is 2.51. The minimum atomic E-state index is -3.29. The minimum absolute atomic E-state index is 0.116. The van der Waals surface area contributed by atoms with E-state index in [-0.39, 0.29) is 24.9 Å². The number of ether oxygens (including phenoxy) is 2. The first-order valence-corrected chi connectivity index (χ1v) is 13.1. The number of anilines is 1. The molecule has 2 aliphatic rings. The van der Waals surface area contributed by atoms with Gasteiger partial charge in [-0.15, -0.1) is 0 Å². The molecule has 5 rings (SSSR count). The van der Waals surface area contributed by atoms with E-state index in [1.165, 1.54) is 6.07 Å². The van der Waals surface area contributed by atoms with E-state index in [0.29, 0.717) is 24.3 Å². The molecule has 0 bridgehead atoms. The summed E-state index contributed by atoms with van der Waals surface area (Å²) >= 11 is 0. The van der Waals surface area contributed by atoms with Crippen LogP contribution in [0, 0.1) is 12.7 Å².